The second-order valence-electron chi connectivity index (χ2n) is 4.83. The maximum atomic E-state index is 12.1. The number of hydrogen-bond donors (Lipinski definition) is 2. The van der Waals surface area contributed by atoms with Gasteiger partial charge in [-0.1, -0.05) is 42.5 Å². The van der Waals surface area contributed by atoms with E-state index in [0.29, 0.717) is 23.5 Å². The van der Waals surface area contributed by atoms with E-state index in [2.05, 4.69) is 5.32 Å². The number of carbonyl (C=O) groups excluding carboxylic acids is 1. The van der Waals surface area contributed by atoms with Crippen LogP contribution in [0.4, 0.5) is 0 Å². The predicted molar refractivity (Wildman–Crippen MR) is 91.1 cm³/mol. The van der Waals surface area contributed by atoms with Crippen LogP contribution < -0.4 is 15.8 Å². The van der Waals surface area contributed by atoms with Crippen LogP contribution in [-0.2, 0) is 13.0 Å². The van der Waals surface area contributed by atoms with Crippen LogP contribution in [0.1, 0.15) is 21.5 Å². The van der Waals surface area contributed by atoms with Gasteiger partial charge in [-0.15, -0.1) is 0 Å². The van der Waals surface area contributed by atoms with E-state index in [1.807, 2.05) is 36.4 Å². The van der Waals surface area contributed by atoms with Gasteiger partial charge in [-0.25, -0.2) is 0 Å². The first-order valence-electron chi connectivity index (χ1n) is 6.87. The highest BCUT2D eigenvalue weighted by molar-refractivity contribution is 7.80. The molecule has 114 valence electrons. The number of nitrogens with one attached hydrogen (secondary N) is 1. The zero-order valence-electron chi connectivity index (χ0n) is 12.3. The van der Waals surface area contributed by atoms with Gasteiger partial charge in [0.15, 0.2) is 0 Å². The highest BCUT2D eigenvalue weighted by Gasteiger charge is 2.07. The molecule has 2 aromatic rings. The second-order valence-corrected chi connectivity index (χ2v) is 5.36. The molecule has 1 amide bonds. The van der Waals surface area contributed by atoms with Crippen LogP contribution in [0.2, 0.25) is 0 Å². The predicted octanol–water partition coefficient (Wildman–Crippen LogP) is 2.45. The maximum absolute atomic E-state index is 12.1. The number of nitrogens with two attached hydrogens (primary N) is 1. The van der Waals surface area contributed by atoms with Crippen LogP contribution in [-0.4, -0.2) is 18.0 Å². The molecule has 0 fully saturated rings. The third kappa shape index (κ3) is 4.30. The number of carbonyl (C=O) groups is 1. The topological polar surface area (TPSA) is 64.3 Å². The fourth-order valence-corrected chi connectivity index (χ4v) is 2.27. The van der Waals surface area contributed by atoms with Crippen molar-refractivity contribution >= 4 is 23.1 Å². The van der Waals surface area contributed by atoms with Gasteiger partial charge in [0.25, 0.3) is 5.91 Å². The molecular formula is C17H18N2O2S. The monoisotopic (exact) mass is 314 g/mol. The van der Waals surface area contributed by atoms with E-state index in [-0.39, 0.29) is 5.91 Å². The Morgan fingerprint density at radius 1 is 1.18 bits per heavy atom. The number of ether oxygens (including phenoxy) is 1. The summed E-state index contributed by atoms with van der Waals surface area (Å²) in [5, 5.41) is 2.88. The van der Waals surface area contributed by atoms with E-state index in [9.17, 15) is 4.79 Å². The van der Waals surface area contributed by atoms with Crippen LogP contribution >= 0.6 is 12.2 Å². The van der Waals surface area contributed by atoms with Gasteiger partial charge >= 0.3 is 0 Å². The summed E-state index contributed by atoms with van der Waals surface area (Å²) in [5.41, 5.74) is 8.03. The number of thiocarbonyl (C=S) groups is 1. The van der Waals surface area contributed by atoms with E-state index >= 15 is 0 Å². The van der Waals surface area contributed by atoms with Crippen molar-refractivity contribution in [3.63, 3.8) is 0 Å². The molecule has 0 aromatic heterocycles. The molecule has 0 bridgehead atoms. The smallest absolute Gasteiger partial charge is 0.251 e. The maximum Gasteiger partial charge on any atom is 0.251 e. The molecule has 0 saturated carbocycles. The first-order chi connectivity index (χ1) is 10.6. The molecule has 0 aliphatic heterocycles. The number of benzene rings is 2. The molecule has 2 aromatic carbocycles. The van der Waals surface area contributed by atoms with Crippen LogP contribution in [0, 0.1) is 0 Å². The zero-order chi connectivity index (χ0) is 15.9. The fraction of sp³-hybridized carbons (Fsp3) is 0.176. The van der Waals surface area contributed by atoms with E-state index in [0.717, 1.165) is 16.9 Å². The van der Waals surface area contributed by atoms with Crippen molar-refractivity contribution in [2.45, 2.75) is 13.0 Å². The van der Waals surface area contributed by atoms with Gasteiger partial charge in [0.2, 0.25) is 0 Å². The normalized spacial score (nSPS) is 10.0. The minimum atomic E-state index is -0.132. The molecule has 2 rings (SSSR count). The van der Waals surface area contributed by atoms with Crippen LogP contribution in [0.15, 0.2) is 48.5 Å². The quantitative estimate of drug-likeness (QED) is 0.804. The summed E-state index contributed by atoms with van der Waals surface area (Å²) in [4.78, 5) is 12.6. The molecular weight excluding hydrogens is 296 g/mol. The lowest BCUT2D eigenvalue weighted by Crippen LogP contribution is -2.23. The molecule has 0 atom stereocenters. The van der Waals surface area contributed by atoms with Gasteiger partial charge in [-0.3, -0.25) is 4.79 Å². The fourth-order valence-electron chi connectivity index (χ4n) is 2.10. The summed E-state index contributed by atoms with van der Waals surface area (Å²) < 4.78 is 5.26. The zero-order valence-corrected chi connectivity index (χ0v) is 13.2. The Bertz CT molecular complexity index is 669. The number of methoxy groups -OCH3 is 1. The lowest BCUT2D eigenvalue weighted by molar-refractivity contribution is 0.0950. The molecule has 3 N–H and O–H groups in total. The van der Waals surface area contributed by atoms with Crippen LogP contribution in [0.25, 0.3) is 0 Å². The number of rotatable bonds is 6. The summed E-state index contributed by atoms with van der Waals surface area (Å²) in [6.45, 7) is 0.414. The van der Waals surface area contributed by atoms with Crippen LogP contribution in [0.3, 0.4) is 0 Å². The van der Waals surface area contributed by atoms with Gasteiger partial charge in [0.05, 0.1) is 12.1 Å². The van der Waals surface area contributed by atoms with Gasteiger partial charge in [-0.05, 0) is 23.8 Å². The van der Waals surface area contributed by atoms with Crippen molar-refractivity contribution in [3.05, 3.63) is 65.2 Å². The third-order valence-electron chi connectivity index (χ3n) is 3.23. The highest BCUT2D eigenvalue weighted by atomic mass is 32.1. The molecule has 0 spiro atoms. The number of hydrogen-bond acceptors (Lipinski definition) is 3. The minimum Gasteiger partial charge on any atom is -0.496 e. The number of para-hydroxylation sites is 1. The van der Waals surface area contributed by atoms with Crippen LogP contribution in [0.5, 0.6) is 5.75 Å². The second kappa shape index (κ2) is 7.56. The molecule has 22 heavy (non-hydrogen) atoms. The summed E-state index contributed by atoms with van der Waals surface area (Å²) in [6, 6.07) is 14.8. The first kappa shape index (κ1) is 16.0. The highest BCUT2D eigenvalue weighted by Crippen LogP contribution is 2.17. The van der Waals surface area contributed by atoms with E-state index in [1.54, 1.807) is 19.2 Å². The number of amides is 1. The van der Waals surface area contributed by atoms with Gasteiger partial charge in [0, 0.05) is 24.1 Å². The Hall–Kier alpha value is -2.40. The Morgan fingerprint density at radius 2 is 1.86 bits per heavy atom. The van der Waals surface area contributed by atoms with Gasteiger partial charge < -0.3 is 15.8 Å². The van der Waals surface area contributed by atoms with E-state index in [1.165, 1.54) is 0 Å². The molecule has 0 aliphatic carbocycles. The Kier molecular flexibility index (Phi) is 5.49. The first-order valence-corrected chi connectivity index (χ1v) is 7.28. The molecule has 0 heterocycles. The Labute approximate surface area is 135 Å². The average molecular weight is 314 g/mol. The van der Waals surface area contributed by atoms with E-state index < -0.39 is 0 Å². The Balaban J connectivity index is 1.98. The third-order valence-corrected chi connectivity index (χ3v) is 3.37. The lowest BCUT2D eigenvalue weighted by atomic mass is 10.1. The molecule has 0 aliphatic rings. The SMILES string of the molecule is COc1ccccc1CNC(=O)c1ccc(CC(N)=S)cc1. The molecule has 0 unspecified atom stereocenters. The van der Waals surface area contributed by atoms with Crippen molar-refractivity contribution in [2.24, 2.45) is 5.73 Å². The Morgan fingerprint density at radius 3 is 2.50 bits per heavy atom. The largest absolute Gasteiger partial charge is 0.496 e. The van der Waals surface area contributed by atoms with Gasteiger partial charge in [0.1, 0.15) is 5.75 Å². The minimum absolute atomic E-state index is 0.132. The summed E-state index contributed by atoms with van der Waals surface area (Å²) in [7, 11) is 1.61. The summed E-state index contributed by atoms with van der Waals surface area (Å²) >= 11 is 4.87. The average Bonchev–Trinajstić information content (AvgIpc) is 2.53. The van der Waals surface area contributed by atoms with Crippen molar-refractivity contribution < 1.29 is 9.53 Å². The van der Waals surface area contributed by atoms with Crippen molar-refractivity contribution in [2.75, 3.05) is 7.11 Å². The lowest BCUT2D eigenvalue weighted by Gasteiger charge is -2.10. The van der Waals surface area contributed by atoms with E-state index in [4.69, 9.17) is 22.7 Å². The van der Waals surface area contributed by atoms with Crippen molar-refractivity contribution in [1.29, 1.82) is 0 Å². The van der Waals surface area contributed by atoms with Crippen molar-refractivity contribution in [1.82, 2.24) is 5.32 Å². The summed E-state index contributed by atoms with van der Waals surface area (Å²) in [5.74, 6) is 0.627. The standard InChI is InChI=1S/C17H18N2O2S/c1-21-15-5-3-2-4-14(15)11-19-17(20)13-8-6-12(7-9-13)10-16(18)22/h2-9H,10-11H2,1H3,(H2,18,22)(H,19,20). The summed E-state index contributed by atoms with van der Waals surface area (Å²) in [6.07, 6.45) is 0.540. The molecule has 0 saturated heterocycles. The molecule has 5 heteroatoms. The van der Waals surface area contributed by atoms with Gasteiger partial charge in [-0.2, -0.15) is 0 Å². The van der Waals surface area contributed by atoms with Crippen molar-refractivity contribution in [3.8, 4) is 5.75 Å². The molecule has 0 radical (unpaired) electrons. The molecule has 4 nitrogen and oxygen atoms in total.